The van der Waals surface area contributed by atoms with E-state index in [1.54, 1.807) is 12.1 Å². The average molecular weight is 342 g/mol. The van der Waals surface area contributed by atoms with Crippen molar-refractivity contribution < 1.29 is 23.9 Å². The molecule has 0 bridgehead atoms. The molecule has 130 valence electrons. The van der Waals surface area contributed by atoms with Crippen molar-refractivity contribution in [3.05, 3.63) is 35.9 Å². The number of nitrogens with one attached hydrogen (secondary N) is 1. The number of fused-ring (bicyclic) bond motifs is 2. The summed E-state index contributed by atoms with van der Waals surface area (Å²) in [5, 5.41) is 2.74. The lowest BCUT2D eigenvalue weighted by atomic mass is 9.85. The number of hydrogen-bond donors (Lipinski definition) is 1. The number of carbonyl (C=O) groups is 3. The minimum atomic E-state index is -0.356. The molecule has 2 atom stereocenters. The quantitative estimate of drug-likeness (QED) is 0.651. The first-order chi connectivity index (χ1) is 12.1. The molecule has 3 aliphatic rings. The van der Waals surface area contributed by atoms with Gasteiger partial charge in [-0.25, -0.2) is 0 Å². The molecule has 1 saturated heterocycles. The van der Waals surface area contributed by atoms with Crippen LogP contribution in [0.5, 0.6) is 11.5 Å². The van der Waals surface area contributed by atoms with Crippen molar-refractivity contribution in [2.45, 2.75) is 19.4 Å². The lowest BCUT2D eigenvalue weighted by molar-refractivity contribution is -0.143. The molecule has 0 aromatic heterocycles. The fourth-order valence-electron chi connectivity index (χ4n) is 3.48. The predicted molar refractivity (Wildman–Crippen MR) is 86.5 cm³/mol. The maximum Gasteiger partial charge on any atom is 0.240 e. The zero-order valence-corrected chi connectivity index (χ0v) is 13.6. The van der Waals surface area contributed by atoms with Crippen molar-refractivity contribution in [2.24, 2.45) is 11.8 Å². The fraction of sp³-hybridized carbons (Fsp3) is 0.389. The summed E-state index contributed by atoms with van der Waals surface area (Å²) in [6.07, 6.45) is 5.00. The van der Waals surface area contributed by atoms with Crippen molar-refractivity contribution in [1.29, 1.82) is 0 Å². The van der Waals surface area contributed by atoms with Gasteiger partial charge in [0.1, 0.15) is 6.54 Å². The molecular formula is C18H18N2O5. The molecule has 7 nitrogen and oxygen atoms in total. The van der Waals surface area contributed by atoms with Gasteiger partial charge in [-0.1, -0.05) is 18.2 Å². The molecule has 1 aromatic carbocycles. The van der Waals surface area contributed by atoms with Gasteiger partial charge in [-0.05, 0) is 30.5 Å². The first-order valence-electron chi connectivity index (χ1n) is 8.29. The standard InChI is InChI=1S/C18H18N2O5/c21-16(19-8-11-5-6-14-15(7-11)25-10-24-14)9-20-17(22)12-3-1-2-4-13(12)18(20)23/h1-2,5-7,12-13H,3-4,8-10H2,(H,19,21)/t12-,13-/m0/s1. The molecule has 1 fully saturated rings. The largest absolute Gasteiger partial charge is 0.454 e. The number of imide groups is 1. The van der Waals surface area contributed by atoms with Gasteiger partial charge in [-0.3, -0.25) is 19.3 Å². The van der Waals surface area contributed by atoms with Crippen molar-refractivity contribution in [2.75, 3.05) is 13.3 Å². The van der Waals surface area contributed by atoms with Crippen LogP contribution in [-0.4, -0.2) is 36.0 Å². The van der Waals surface area contributed by atoms with Crippen LogP contribution in [0.1, 0.15) is 18.4 Å². The summed E-state index contributed by atoms with van der Waals surface area (Å²) in [6, 6.07) is 5.42. The van der Waals surface area contributed by atoms with Crippen LogP contribution in [0.2, 0.25) is 0 Å². The second kappa shape index (κ2) is 6.23. The fourth-order valence-corrected chi connectivity index (χ4v) is 3.48. The number of carbonyl (C=O) groups excluding carboxylic acids is 3. The highest BCUT2D eigenvalue weighted by Gasteiger charge is 2.47. The molecule has 4 rings (SSSR count). The second-order valence-electron chi connectivity index (χ2n) is 6.38. The summed E-state index contributed by atoms with van der Waals surface area (Å²) < 4.78 is 10.5. The highest BCUT2D eigenvalue weighted by molar-refractivity contribution is 6.07. The SMILES string of the molecule is O=C(CN1C(=O)[C@H]2CC=CC[C@@H]2C1=O)NCc1ccc2c(c1)OCO2. The summed E-state index contributed by atoms with van der Waals surface area (Å²) in [7, 11) is 0. The number of benzene rings is 1. The van der Waals surface area contributed by atoms with Gasteiger partial charge in [0, 0.05) is 6.54 Å². The molecule has 1 aromatic rings. The van der Waals surface area contributed by atoms with Gasteiger partial charge in [0.05, 0.1) is 11.8 Å². The van der Waals surface area contributed by atoms with Gasteiger partial charge < -0.3 is 14.8 Å². The zero-order valence-electron chi connectivity index (χ0n) is 13.6. The third kappa shape index (κ3) is 2.86. The summed E-state index contributed by atoms with van der Waals surface area (Å²) in [5.74, 6) is -0.118. The van der Waals surface area contributed by atoms with E-state index in [9.17, 15) is 14.4 Å². The highest BCUT2D eigenvalue weighted by atomic mass is 16.7. The van der Waals surface area contributed by atoms with Gasteiger partial charge in [-0.2, -0.15) is 0 Å². The Morgan fingerprint density at radius 1 is 1.08 bits per heavy atom. The van der Waals surface area contributed by atoms with Crippen LogP contribution in [0.25, 0.3) is 0 Å². The summed E-state index contributed by atoms with van der Waals surface area (Å²) in [5.41, 5.74) is 0.856. The second-order valence-corrected chi connectivity index (χ2v) is 6.38. The van der Waals surface area contributed by atoms with Gasteiger partial charge in [0.15, 0.2) is 11.5 Å². The van der Waals surface area contributed by atoms with E-state index >= 15 is 0 Å². The van der Waals surface area contributed by atoms with Crippen LogP contribution >= 0.6 is 0 Å². The summed E-state index contributed by atoms with van der Waals surface area (Å²) in [6.45, 7) is 0.261. The first kappa shape index (κ1) is 15.7. The Hall–Kier alpha value is -2.83. The van der Waals surface area contributed by atoms with Crippen LogP contribution in [-0.2, 0) is 20.9 Å². The van der Waals surface area contributed by atoms with E-state index in [1.807, 2.05) is 18.2 Å². The van der Waals surface area contributed by atoms with Crippen LogP contribution in [0.3, 0.4) is 0 Å². The molecule has 0 saturated carbocycles. The van der Waals surface area contributed by atoms with Crippen molar-refractivity contribution in [1.82, 2.24) is 10.2 Å². The van der Waals surface area contributed by atoms with Crippen LogP contribution in [0, 0.1) is 11.8 Å². The highest BCUT2D eigenvalue weighted by Crippen LogP contribution is 2.35. The Labute approximate surface area is 144 Å². The molecule has 7 heteroatoms. The number of hydrogen-bond acceptors (Lipinski definition) is 5. The van der Waals surface area contributed by atoms with Crippen LogP contribution < -0.4 is 14.8 Å². The Morgan fingerprint density at radius 3 is 2.48 bits per heavy atom. The molecule has 0 unspecified atom stereocenters. The molecule has 1 N–H and O–H groups in total. The monoisotopic (exact) mass is 342 g/mol. The van der Waals surface area contributed by atoms with Crippen LogP contribution in [0.4, 0.5) is 0 Å². The van der Waals surface area contributed by atoms with E-state index in [4.69, 9.17) is 9.47 Å². The molecule has 2 heterocycles. The number of amides is 3. The van der Waals surface area contributed by atoms with Gasteiger partial charge in [-0.15, -0.1) is 0 Å². The summed E-state index contributed by atoms with van der Waals surface area (Å²) >= 11 is 0. The van der Waals surface area contributed by atoms with Gasteiger partial charge >= 0.3 is 0 Å². The van der Waals surface area contributed by atoms with E-state index in [2.05, 4.69) is 5.32 Å². The molecule has 3 amide bonds. The third-order valence-corrected chi connectivity index (χ3v) is 4.83. The minimum absolute atomic E-state index is 0.196. The van der Waals surface area contributed by atoms with E-state index in [-0.39, 0.29) is 42.9 Å². The zero-order chi connectivity index (χ0) is 17.4. The first-order valence-corrected chi connectivity index (χ1v) is 8.29. The molecule has 0 spiro atoms. The normalized spacial score (nSPS) is 23.8. The van der Waals surface area contributed by atoms with Gasteiger partial charge in [0.25, 0.3) is 0 Å². The number of ether oxygens (including phenoxy) is 2. The number of rotatable bonds is 4. The maximum absolute atomic E-state index is 12.3. The van der Waals surface area contributed by atoms with Crippen molar-refractivity contribution in [3.63, 3.8) is 0 Å². The molecule has 25 heavy (non-hydrogen) atoms. The Morgan fingerprint density at radius 2 is 1.76 bits per heavy atom. The summed E-state index contributed by atoms with van der Waals surface area (Å²) in [4.78, 5) is 38.0. The van der Waals surface area contributed by atoms with Gasteiger partial charge in [0.2, 0.25) is 24.5 Å². The third-order valence-electron chi connectivity index (χ3n) is 4.83. The van der Waals surface area contributed by atoms with E-state index in [1.165, 1.54) is 0 Å². The molecular weight excluding hydrogens is 324 g/mol. The van der Waals surface area contributed by atoms with Crippen LogP contribution in [0.15, 0.2) is 30.4 Å². The Kier molecular flexibility index (Phi) is 3.91. The average Bonchev–Trinajstić information content (AvgIpc) is 3.19. The molecule has 0 radical (unpaired) electrons. The van der Waals surface area contributed by atoms with Crippen molar-refractivity contribution >= 4 is 17.7 Å². The van der Waals surface area contributed by atoms with E-state index in [0.717, 1.165) is 10.5 Å². The van der Waals surface area contributed by atoms with E-state index in [0.29, 0.717) is 30.9 Å². The Balaban J connectivity index is 1.35. The van der Waals surface area contributed by atoms with Crippen molar-refractivity contribution in [3.8, 4) is 11.5 Å². The number of likely N-dealkylation sites (tertiary alicyclic amines) is 1. The smallest absolute Gasteiger partial charge is 0.240 e. The molecule has 2 aliphatic heterocycles. The molecule has 1 aliphatic carbocycles. The topological polar surface area (TPSA) is 84.9 Å². The predicted octanol–water partition coefficient (Wildman–Crippen LogP) is 0.983. The number of allylic oxidation sites excluding steroid dienone is 2. The number of nitrogens with zero attached hydrogens (tertiary/aromatic N) is 1. The lowest BCUT2D eigenvalue weighted by Gasteiger charge is -2.14. The lowest BCUT2D eigenvalue weighted by Crippen LogP contribution is -2.40. The minimum Gasteiger partial charge on any atom is -0.454 e. The maximum atomic E-state index is 12.3. The van der Waals surface area contributed by atoms with E-state index < -0.39 is 0 Å². The Bertz CT molecular complexity index is 747.